The topological polar surface area (TPSA) is 121 Å². The summed E-state index contributed by atoms with van der Waals surface area (Å²) in [5.41, 5.74) is -0.581. The molecule has 2 aromatic rings. The Balaban J connectivity index is 1.31. The monoisotopic (exact) mass is 490 g/mol. The van der Waals surface area contributed by atoms with Crippen LogP contribution < -0.4 is 10.9 Å². The first kappa shape index (κ1) is 23.7. The summed E-state index contributed by atoms with van der Waals surface area (Å²) in [6, 6.07) is 2.92. The molecule has 34 heavy (non-hydrogen) atoms. The Morgan fingerprint density at radius 3 is 2.41 bits per heavy atom. The van der Waals surface area contributed by atoms with Gasteiger partial charge in [0.2, 0.25) is 5.95 Å². The SMILES string of the molecule is CC1(C)CN(S(=O)(=O)N2CCC(Nc3ncc4ccc(=O)n([C@@H]5CCC[C@@]5(C)O)c4n3)CC2)C1. The van der Waals surface area contributed by atoms with Gasteiger partial charge in [0.1, 0.15) is 5.65 Å². The fraction of sp³-hybridized carbons (Fsp3) is 0.696. The third-order valence-corrected chi connectivity index (χ3v) is 9.43. The average Bonchev–Trinajstić information content (AvgIpc) is 3.11. The van der Waals surface area contributed by atoms with E-state index in [2.05, 4.69) is 29.1 Å². The first-order valence-corrected chi connectivity index (χ1v) is 13.5. The van der Waals surface area contributed by atoms with Gasteiger partial charge in [0.25, 0.3) is 15.8 Å². The lowest BCUT2D eigenvalue weighted by atomic mass is 9.87. The fourth-order valence-electron chi connectivity index (χ4n) is 5.60. The molecular formula is C23H34N6O4S. The van der Waals surface area contributed by atoms with Crippen molar-refractivity contribution in [2.75, 3.05) is 31.5 Å². The standard InChI is InChI=1S/C23H34N6O4S/c1-22(2)14-28(15-22)34(32,33)27-11-8-17(9-12-27)25-21-24-13-16-6-7-19(30)29(20(16)26-21)18-5-4-10-23(18,3)31/h6-7,13,17-18,31H,4-5,8-12,14-15H2,1-3H3,(H,24,25,26)/t18-,23-/m1/s1. The molecule has 1 aliphatic carbocycles. The second-order valence-corrected chi connectivity index (χ2v) is 13.0. The summed E-state index contributed by atoms with van der Waals surface area (Å²) in [7, 11) is -3.41. The Morgan fingerprint density at radius 2 is 1.79 bits per heavy atom. The molecule has 2 atom stereocenters. The summed E-state index contributed by atoms with van der Waals surface area (Å²) < 4.78 is 30.5. The Morgan fingerprint density at radius 1 is 1.09 bits per heavy atom. The number of nitrogens with zero attached hydrogens (tertiary/aromatic N) is 5. The molecule has 3 fully saturated rings. The van der Waals surface area contributed by atoms with Crippen LogP contribution in [-0.4, -0.2) is 74.5 Å². The molecule has 3 aliphatic rings. The van der Waals surface area contributed by atoms with Gasteiger partial charge in [-0.2, -0.15) is 22.0 Å². The van der Waals surface area contributed by atoms with E-state index in [0.717, 1.165) is 18.2 Å². The molecule has 0 unspecified atom stereocenters. The molecule has 2 saturated heterocycles. The smallest absolute Gasteiger partial charge is 0.282 e. The van der Waals surface area contributed by atoms with Gasteiger partial charge in [0.15, 0.2) is 0 Å². The predicted molar refractivity (Wildman–Crippen MR) is 130 cm³/mol. The van der Waals surface area contributed by atoms with Crippen molar-refractivity contribution in [2.24, 2.45) is 5.41 Å². The van der Waals surface area contributed by atoms with Crippen molar-refractivity contribution >= 4 is 27.2 Å². The number of nitrogens with one attached hydrogen (secondary N) is 1. The van der Waals surface area contributed by atoms with Gasteiger partial charge in [-0.1, -0.05) is 13.8 Å². The molecule has 2 N–H and O–H groups in total. The number of hydrogen-bond acceptors (Lipinski definition) is 7. The van der Waals surface area contributed by atoms with Crippen molar-refractivity contribution in [1.82, 2.24) is 23.1 Å². The van der Waals surface area contributed by atoms with Crippen LogP contribution in [0.5, 0.6) is 0 Å². The van der Waals surface area contributed by atoms with Crippen LogP contribution in [0.1, 0.15) is 58.9 Å². The highest BCUT2D eigenvalue weighted by molar-refractivity contribution is 7.86. The predicted octanol–water partition coefficient (Wildman–Crippen LogP) is 1.73. The molecule has 0 amide bonds. The third-order valence-electron chi connectivity index (χ3n) is 7.51. The Bertz CT molecular complexity index is 1240. The van der Waals surface area contributed by atoms with Gasteiger partial charge in [-0.3, -0.25) is 9.36 Å². The summed E-state index contributed by atoms with van der Waals surface area (Å²) in [4.78, 5) is 21.9. The zero-order chi connectivity index (χ0) is 24.3. The Hall–Kier alpha value is -2.08. The molecule has 0 aromatic carbocycles. The second kappa shape index (κ2) is 8.25. The summed E-state index contributed by atoms with van der Waals surface area (Å²) >= 11 is 0. The van der Waals surface area contributed by atoms with Crippen LogP contribution in [0.15, 0.2) is 23.1 Å². The van der Waals surface area contributed by atoms with E-state index < -0.39 is 15.8 Å². The fourth-order valence-corrected chi connectivity index (χ4v) is 7.62. The molecule has 2 aromatic heterocycles. The van der Waals surface area contributed by atoms with E-state index in [-0.39, 0.29) is 23.1 Å². The van der Waals surface area contributed by atoms with Crippen molar-refractivity contribution in [2.45, 2.75) is 70.6 Å². The highest BCUT2D eigenvalue weighted by atomic mass is 32.2. The molecule has 4 heterocycles. The molecule has 0 radical (unpaired) electrons. The lowest BCUT2D eigenvalue weighted by Crippen LogP contribution is -2.60. The van der Waals surface area contributed by atoms with E-state index >= 15 is 0 Å². The van der Waals surface area contributed by atoms with Crippen molar-refractivity contribution in [1.29, 1.82) is 0 Å². The average molecular weight is 491 g/mol. The van der Waals surface area contributed by atoms with Crippen LogP contribution in [0, 0.1) is 5.41 Å². The summed E-state index contributed by atoms with van der Waals surface area (Å²) in [6.07, 6.45) is 5.21. The van der Waals surface area contributed by atoms with E-state index in [0.29, 0.717) is 57.0 Å². The van der Waals surface area contributed by atoms with Crippen LogP contribution in [0.2, 0.25) is 0 Å². The van der Waals surface area contributed by atoms with E-state index in [1.165, 1.54) is 6.07 Å². The van der Waals surface area contributed by atoms with E-state index in [1.54, 1.807) is 32.4 Å². The number of piperidine rings is 1. The minimum atomic E-state index is -3.41. The minimum Gasteiger partial charge on any atom is -0.388 e. The number of hydrogen-bond donors (Lipinski definition) is 2. The van der Waals surface area contributed by atoms with Crippen molar-refractivity contribution < 1.29 is 13.5 Å². The number of aromatic nitrogens is 3. The molecule has 1 saturated carbocycles. The third kappa shape index (κ3) is 4.23. The van der Waals surface area contributed by atoms with Crippen molar-refractivity contribution in [3.63, 3.8) is 0 Å². The van der Waals surface area contributed by atoms with Crippen LogP contribution in [-0.2, 0) is 10.2 Å². The number of pyridine rings is 1. The van der Waals surface area contributed by atoms with Gasteiger partial charge in [-0.25, -0.2) is 4.98 Å². The van der Waals surface area contributed by atoms with Crippen LogP contribution >= 0.6 is 0 Å². The maximum atomic E-state index is 12.9. The molecule has 0 spiro atoms. The molecular weight excluding hydrogens is 456 g/mol. The molecule has 2 aliphatic heterocycles. The Labute approximate surface area is 200 Å². The van der Waals surface area contributed by atoms with E-state index in [4.69, 9.17) is 0 Å². The Kier molecular flexibility index (Phi) is 5.74. The number of anilines is 1. The zero-order valence-electron chi connectivity index (χ0n) is 20.1. The van der Waals surface area contributed by atoms with Gasteiger partial charge in [0, 0.05) is 49.9 Å². The largest absolute Gasteiger partial charge is 0.388 e. The molecule has 0 bridgehead atoms. The first-order chi connectivity index (χ1) is 16.0. The van der Waals surface area contributed by atoms with Crippen molar-refractivity contribution in [3.05, 3.63) is 28.7 Å². The lowest BCUT2D eigenvalue weighted by molar-refractivity contribution is 0.0267. The lowest BCUT2D eigenvalue weighted by Gasteiger charge is -2.47. The number of fused-ring (bicyclic) bond motifs is 1. The van der Waals surface area contributed by atoms with E-state index in [9.17, 15) is 18.3 Å². The van der Waals surface area contributed by atoms with Gasteiger partial charge < -0.3 is 10.4 Å². The summed E-state index contributed by atoms with van der Waals surface area (Å²) in [5, 5.41) is 14.9. The van der Waals surface area contributed by atoms with Crippen molar-refractivity contribution in [3.8, 4) is 0 Å². The first-order valence-electron chi connectivity index (χ1n) is 12.1. The van der Waals surface area contributed by atoms with Gasteiger partial charge in [-0.15, -0.1) is 0 Å². The second-order valence-electron chi connectivity index (χ2n) is 11.0. The molecule has 5 rings (SSSR count). The summed E-state index contributed by atoms with van der Waals surface area (Å²) in [5.74, 6) is 0.412. The van der Waals surface area contributed by atoms with Crippen LogP contribution in [0.4, 0.5) is 5.95 Å². The quantitative estimate of drug-likeness (QED) is 0.655. The normalized spacial score (nSPS) is 28.8. The van der Waals surface area contributed by atoms with Gasteiger partial charge >= 0.3 is 0 Å². The van der Waals surface area contributed by atoms with Gasteiger partial charge in [0.05, 0.1) is 11.6 Å². The van der Waals surface area contributed by atoms with Gasteiger partial charge in [-0.05, 0) is 50.5 Å². The molecule has 10 nitrogen and oxygen atoms in total. The minimum absolute atomic E-state index is 0.0372. The number of rotatable bonds is 5. The molecule has 186 valence electrons. The highest BCUT2D eigenvalue weighted by Gasteiger charge is 2.44. The van der Waals surface area contributed by atoms with E-state index in [1.807, 2.05) is 0 Å². The number of aliphatic hydroxyl groups is 1. The molecule has 11 heteroatoms. The maximum absolute atomic E-state index is 12.9. The van der Waals surface area contributed by atoms with Crippen LogP contribution in [0.25, 0.3) is 11.0 Å². The summed E-state index contributed by atoms with van der Waals surface area (Å²) in [6.45, 7) is 7.94. The van der Waals surface area contributed by atoms with Crippen LogP contribution in [0.3, 0.4) is 0 Å². The highest BCUT2D eigenvalue weighted by Crippen LogP contribution is 2.39. The maximum Gasteiger partial charge on any atom is 0.282 e. The zero-order valence-corrected chi connectivity index (χ0v) is 20.9.